The number of nitrogens with one attached hydrogen (secondary N) is 2. The molecule has 1 aliphatic heterocycles. The van der Waals surface area contributed by atoms with E-state index in [2.05, 4.69) is 48.7 Å². The molecule has 2 unspecified atom stereocenters. The molecule has 3 nitrogen and oxygen atoms in total. The molecule has 0 amide bonds. The van der Waals surface area contributed by atoms with Gasteiger partial charge in [0, 0.05) is 18.6 Å². The molecule has 0 spiro atoms. The molecule has 0 aliphatic carbocycles. The average molecular weight is 248 g/mol. The number of aliphatic hydroxyl groups excluding tert-OH is 1. The van der Waals surface area contributed by atoms with Crippen LogP contribution in [0.2, 0.25) is 0 Å². The maximum Gasteiger partial charge on any atom is 0.0587 e. The van der Waals surface area contributed by atoms with Crippen molar-refractivity contribution >= 4 is 0 Å². The van der Waals surface area contributed by atoms with Gasteiger partial charge in [0.25, 0.3) is 0 Å². The van der Waals surface area contributed by atoms with Crippen molar-refractivity contribution in [3.8, 4) is 0 Å². The Morgan fingerprint density at radius 3 is 2.89 bits per heavy atom. The summed E-state index contributed by atoms with van der Waals surface area (Å²) in [7, 11) is 0. The van der Waals surface area contributed by atoms with Gasteiger partial charge in [-0.3, -0.25) is 0 Å². The van der Waals surface area contributed by atoms with Crippen molar-refractivity contribution in [1.82, 2.24) is 10.6 Å². The summed E-state index contributed by atoms with van der Waals surface area (Å²) < 4.78 is 0. The van der Waals surface area contributed by atoms with Gasteiger partial charge in [-0.2, -0.15) is 0 Å². The summed E-state index contributed by atoms with van der Waals surface area (Å²) in [4.78, 5) is 0. The van der Waals surface area contributed by atoms with Gasteiger partial charge in [-0.15, -0.1) is 0 Å². The lowest BCUT2D eigenvalue weighted by Gasteiger charge is -2.27. The molecule has 1 aromatic carbocycles. The van der Waals surface area contributed by atoms with Crippen LogP contribution in [0.1, 0.15) is 37.4 Å². The lowest BCUT2D eigenvalue weighted by molar-refractivity contribution is 0.197. The van der Waals surface area contributed by atoms with Gasteiger partial charge < -0.3 is 15.7 Å². The van der Waals surface area contributed by atoms with E-state index in [1.54, 1.807) is 0 Å². The topological polar surface area (TPSA) is 44.3 Å². The van der Waals surface area contributed by atoms with Gasteiger partial charge in [0.1, 0.15) is 0 Å². The zero-order chi connectivity index (χ0) is 13.0. The third kappa shape index (κ3) is 3.10. The molecule has 0 fully saturated rings. The zero-order valence-corrected chi connectivity index (χ0v) is 11.3. The summed E-state index contributed by atoms with van der Waals surface area (Å²) in [5, 5.41) is 16.5. The van der Waals surface area contributed by atoms with Gasteiger partial charge in [0.05, 0.1) is 6.61 Å². The molecular weight excluding hydrogens is 224 g/mol. The normalized spacial score (nSPS) is 21.4. The third-order valence-corrected chi connectivity index (χ3v) is 3.77. The van der Waals surface area contributed by atoms with Crippen molar-refractivity contribution < 1.29 is 5.11 Å². The maximum absolute atomic E-state index is 9.47. The van der Waals surface area contributed by atoms with Gasteiger partial charge in [-0.05, 0) is 30.0 Å². The van der Waals surface area contributed by atoms with Crippen LogP contribution in [0.15, 0.2) is 24.3 Å². The third-order valence-electron chi connectivity index (χ3n) is 3.77. The van der Waals surface area contributed by atoms with Crippen LogP contribution < -0.4 is 10.6 Å². The van der Waals surface area contributed by atoms with E-state index in [1.807, 2.05) is 0 Å². The minimum Gasteiger partial charge on any atom is -0.395 e. The standard InChI is InChI=1S/C15H24N2O/c1-11(2)15(10-18)17-14-7-8-16-9-12-5-3-4-6-13(12)14/h3-6,11,14-18H,7-10H2,1-2H3. The first-order chi connectivity index (χ1) is 8.72. The Morgan fingerprint density at radius 1 is 1.39 bits per heavy atom. The minimum absolute atomic E-state index is 0.168. The second-order valence-corrected chi connectivity index (χ2v) is 5.42. The Labute approximate surface area is 110 Å². The van der Waals surface area contributed by atoms with Gasteiger partial charge in [-0.25, -0.2) is 0 Å². The fraction of sp³-hybridized carbons (Fsp3) is 0.600. The Balaban J connectivity index is 2.17. The van der Waals surface area contributed by atoms with Gasteiger partial charge in [0.2, 0.25) is 0 Å². The van der Waals surface area contributed by atoms with E-state index in [9.17, 15) is 5.11 Å². The molecule has 3 N–H and O–H groups in total. The second-order valence-electron chi connectivity index (χ2n) is 5.42. The molecule has 2 atom stereocenters. The predicted molar refractivity (Wildman–Crippen MR) is 74.4 cm³/mol. The molecule has 100 valence electrons. The fourth-order valence-corrected chi connectivity index (χ4v) is 2.55. The summed E-state index contributed by atoms with van der Waals surface area (Å²) >= 11 is 0. The molecule has 1 aromatic rings. The van der Waals surface area contributed by atoms with Crippen molar-refractivity contribution in [1.29, 1.82) is 0 Å². The Bertz CT molecular complexity index is 379. The van der Waals surface area contributed by atoms with Crippen LogP contribution in [-0.2, 0) is 6.54 Å². The van der Waals surface area contributed by atoms with Crippen molar-refractivity contribution in [3.05, 3.63) is 35.4 Å². The summed E-state index contributed by atoms with van der Waals surface area (Å²) in [6.07, 6.45) is 1.07. The SMILES string of the molecule is CC(C)C(CO)NC1CCNCc2ccccc21. The number of hydrogen-bond acceptors (Lipinski definition) is 3. The maximum atomic E-state index is 9.47. The number of fused-ring (bicyclic) bond motifs is 1. The van der Waals surface area contributed by atoms with E-state index < -0.39 is 0 Å². The number of aliphatic hydroxyl groups is 1. The van der Waals surface area contributed by atoms with Crippen LogP contribution in [0.3, 0.4) is 0 Å². The highest BCUT2D eigenvalue weighted by atomic mass is 16.3. The van der Waals surface area contributed by atoms with Crippen LogP contribution >= 0.6 is 0 Å². The molecular formula is C15H24N2O. The molecule has 3 heteroatoms. The van der Waals surface area contributed by atoms with Crippen molar-refractivity contribution in [3.63, 3.8) is 0 Å². The molecule has 0 radical (unpaired) electrons. The van der Waals surface area contributed by atoms with Crippen LogP contribution in [0.5, 0.6) is 0 Å². The minimum atomic E-state index is 0.168. The predicted octanol–water partition coefficient (Wildman–Crippen LogP) is 1.83. The molecule has 0 aromatic heterocycles. The van der Waals surface area contributed by atoms with Crippen molar-refractivity contribution in [2.24, 2.45) is 5.92 Å². The van der Waals surface area contributed by atoms with Crippen molar-refractivity contribution in [2.45, 2.75) is 38.9 Å². The van der Waals surface area contributed by atoms with Gasteiger partial charge in [-0.1, -0.05) is 38.1 Å². The first-order valence-corrected chi connectivity index (χ1v) is 6.87. The lowest BCUT2D eigenvalue weighted by atomic mass is 9.96. The summed E-state index contributed by atoms with van der Waals surface area (Å²) in [6, 6.07) is 9.09. The van der Waals surface area contributed by atoms with E-state index >= 15 is 0 Å². The molecule has 1 heterocycles. The van der Waals surface area contributed by atoms with Gasteiger partial charge in [0.15, 0.2) is 0 Å². The van der Waals surface area contributed by atoms with Gasteiger partial charge >= 0.3 is 0 Å². The molecule has 18 heavy (non-hydrogen) atoms. The van der Waals surface area contributed by atoms with Crippen molar-refractivity contribution in [2.75, 3.05) is 13.2 Å². The highest BCUT2D eigenvalue weighted by Crippen LogP contribution is 2.24. The van der Waals surface area contributed by atoms with E-state index in [4.69, 9.17) is 0 Å². The van der Waals surface area contributed by atoms with E-state index in [0.29, 0.717) is 12.0 Å². The van der Waals surface area contributed by atoms with Crippen LogP contribution in [0.4, 0.5) is 0 Å². The first kappa shape index (κ1) is 13.5. The summed E-state index contributed by atoms with van der Waals surface area (Å²) in [6.45, 7) is 6.45. The Hall–Kier alpha value is -0.900. The molecule has 1 aliphatic rings. The smallest absolute Gasteiger partial charge is 0.0587 e. The number of benzene rings is 1. The first-order valence-electron chi connectivity index (χ1n) is 6.87. The van der Waals surface area contributed by atoms with E-state index in [0.717, 1.165) is 19.5 Å². The fourth-order valence-electron chi connectivity index (χ4n) is 2.55. The summed E-state index contributed by atoms with van der Waals surface area (Å²) in [5.74, 6) is 0.443. The lowest BCUT2D eigenvalue weighted by Crippen LogP contribution is -2.40. The quantitative estimate of drug-likeness (QED) is 0.761. The zero-order valence-electron chi connectivity index (χ0n) is 11.3. The average Bonchev–Trinajstić information content (AvgIpc) is 2.58. The van der Waals surface area contributed by atoms with E-state index in [-0.39, 0.29) is 12.6 Å². The highest BCUT2D eigenvalue weighted by molar-refractivity contribution is 5.31. The second kappa shape index (κ2) is 6.32. The largest absolute Gasteiger partial charge is 0.395 e. The molecule has 0 saturated carbocycles. The van der Waals surface area contributed by atoms with Crippen LogP contribution in [-0.4, -0.2) is 24.3 Å². The number of rotatable bonds is 4. The molecule has 2 rings (SSSR count). The Morgan fingerprint density at radius 2 is 2.17 bits per heavy atom. The number of hydrogen-bond donors (Lipinski definition) is 3. The monoisotopic (exact) mass is 248 g/mol. The van der Waals surface area contributed by atoms with Crippen LogP contribution in [0, 0.1) is 5.92 Å². The molecule has 0 saturated heterocycles. The molecule has 0 bridgehead atoms. The summed E-state index contributed by atoms with van der Waals surface area (Å²) in [5.41, 5.74) is 2.74. The van der Waals surface area contributed by atoms with E-state index in [1.165, 1.54) is 11.1 Å². The highest BCUT2D eigenvalue weighted by Gasteiger charge is 2.22. The van der Waals surface area contributed by atoms with Crippen LogP contribution in [0.25, 0.3) is 0 Å². The Kier molecular flexibility index (Phi) is 4.75.